The number of ether oxygens (including phenoxy) is 1. The molecule has 2 aromatic rings. The van der Waals surface area contributed by atoms with E-state index in [-0.39, 0.29) is 6.10 Å². The lowest BCUT2D eigenvalue weighted by Gasteiger charge is -2.16. The molecule has 0 heterocycles. The molecule has 146 valence electrons. The molecule has 0 spiro atoms. The van der Waals surface area contributed by atoms with Gasteiger partial charge >= 0.3 is 0 Å². The van der Waals surface area contributed by atoms with Gasteiger partial charge < -0.3 is 20.3 Å². The van der Waals surface area contributed by atoms with Crippen LogP contribution in [0.5, 0.6) is 0 Å². The molecule has 2 aromatic carbocycles. The molecule has 0 aliphatic heterocycles. The van der Waals surface area contributed by atoms with Gasteiger partial charge in [0.15, 0.2) is 5.96 Å². The maximum absolute atomic E-state index is 5.90. The molecule has 0 aliphatic rings. The lowest BCUT2D eigenvalue weighted by Crippen LogP contribution is -2.37. The van der Waals surface area contributed by atoms with E-state index in [1.165, 1.54) is 16.8 Å². The summed E-state index contributed by atoms with van der Waals surface area (Å²) in [4.78, 5) is 6.39. The molecule has 5 nitrogen and oxygen atoms in total. The van der Waals surface area contributed by atoms with Crippen molar-refractivity contribution in [2.45, 2.75) is 26.0 Å². The van der Waals surface area contributed by atoms with Gasteiger partial charge in [-0.15, -0.1) is 0 Å². The van der Waals surface area contributed by atoms with Crippen molar-refractivity contribution in [3.8, 4) is 0 Å². The van der Waals surface area contributed by atoms with Crippen molar-refractivity contribution in [1.82, 2.24) is 10.6 Å². The Morgan fingerprint density at radius 1 is 1.07 bits per heavy atom. The number of anilines is 1. The summed E-state index contributed by atoms with van der Waals surface area (Å²) in [6.07, 6.45) is 1.04. The van der Waals surface area contributed by atoms with E-state index in [4.69, 9.17) is 4.74 Å². The van der Waals surface area contributed by atoms with Crippen LogP contribution in [0.25, 0.3) is 0 Å². The predicted molar refractivity (Wildman–Crippen MR) is 114 cm³/mol. The Hall–Kier alpha value is -2.53. The number of benzene rings is 2. The van der Waals surface area contributed by atoms with Gasteiger partial charge in [0, 0.05) is 46.5 Å². The summed E-state index contributed by atoms with van der Waals surface area (Å²) >= 11 is 0. The van der Waals surface area contributed by atoms with Crippen LogP contribution < -0.4 is 15.5 Å². The van der Waals surface area contributed by atoms with Crippen LogP contribution in [-0.4, -0.2) is 40.3 Å². The van der Waals surface area contributed by atoms with Gasteiger partial charge in [0.2, 0.25) is 0 Å². The van der Waals surface area contributed by atoms with Gasteiger partial charge in [-0.25, -0.2) is 0 Å². The molecule has 0 bridgehead atoms. The van der Waals surface area contributed by atoms with Gasteiger partial charge in [-0.3, -0.25) is 4.99 Å². The van der Waals surface area contributed by atoms with Crippen LogP contribution in [0, 0.1) is 0 Å². The quantitative estimate of drug-likeness (QED) is 0.403. The highest BCUT2D eigenvalue weighted by Gasteiger charge is 2.05. The van der Waals surface area contributed by atoms with E-state index in [1.54, 1.807) is 7.05 Å². The number of aliphatic imine (C=N–C) groups is 1. The molecule has 5 heteroatoms. The first-order chi connectivity index (χ1) is 13.1. The molecule has 2 N–H and O–H groups in total. The van der Waals surface area contributed by atoms with Gasteiger partial charge in [-0.1, -0.05) is 42.5 Å². The summed E-state index contributed by atoms with van der Waals surface area (Å²) in [5.41, 5.74) is 3.63. The highest BCUT2D eigenvalue weighted by atomic mass is 16.5. The zero-order valence-corrected chi connectivity index (χ0v) is 16.9. The number of rotatable bonds is 9. The Labute approximate surface area is 163 Å². The van der Waals surface area contributed by atoms with Crippen LogP contribution >= 0.6 is 0 Å². The number of nitrogens with one attached hydrogen (secondary N) is 2. The summed E-state index contributed by atoms with van der Waals surface area (Å²) in [6, 6.07) is 18.8. The highest BCUT2D eigenvalue weighted by molar-refractivity contribution is 5.79. The molecule has 1 atom stereocenters. The van der Waals surface area contributed by atoms with Crippen LogP contribution in [0.3, 0.4) is 0 Å². The molecular weight excluding hydrogens is 336 g/mol. The molecule has 0 aliphatic carbocycles. The summed E-state index contributed by atoms with van der Waals surface area (Å²) in [5, 5.41) is 6.70. The summed E-state index contributed by atoms with van der Waals surface area (Å²) in [7, 11) is 5.89. The van der Waals surface area contributed by atoms with Gasteiger partial charge in [-0.2, -0.15) is 0 Å². The zero-order valence-electron chi connectivity index (χ0n) is 16.9. The van der Waals surface area contributed by atoms with Gasteiger partial charge in [0.05, 0.1) is 6.10 Å². The van der Waals surface area contributed by atoms with Crippen LogP contribution in [0.2, 0.25) is 0 Å². The van der Waals surface area contributed by atoms with Crippen LogP contribution in [-0.2, 0) is 11.3 Å². The molecular formula is C22H32N4O. The Morgan fingerprint density at radius 2 is 1.85 bits per heavy atom. The van der Waals surface area contributed by atoms with E-state index in [9.17, 15) is 0 Å². The zero-order chi connectivity index (χ0) is 19.5. The van der Waals surface area contributed by atoms with Crippen LogP contribution in [0.15, 0.2) is 59.6 Å². The van der Waals surface area contributed by atoms with Crippen molar-refractivity contribution in [3.63, 3.8) is 0 Å². The SMILES string of the molecule is CN=C(NCCCOC(C)c1ccccc1)NCc1cccc(N(C)C)c1. The van der Waals surface area contributed by atoms with Crippen molar-refractivity contribution in [2.75, 3.05) is 39.2 Å². The monoisotopic (exact) mass is 368 g/mol. The molecule has 0 fully saturated rings. The first kappa shape index (κ1) is 20.8. The van der Waals surface area contributed by atoms with E-state index in [2.05, 4.69) is 63.8 Å². The molecule has 2 rings (SSSR count). The van der Waals surface area contributed by atoms with Crippen molar-refractivity contribution in [3.05, 3.63) is 65.7 Å². The predicted octanol–water partition coefficient (Wildman–Crippen LogP) is 3.59. The third-order valence-corrected chi connectivity index (χ3v) is 4.36. The molecule has 0 radical (unpaired) electrons. The van der Waals surface area contributed by atoms with Crippen molar-refractivity contribution < 1.29 is 4.74 Å². The van der Waals surface area contributed by atoms with Crippen molar-refractivity contribution >= 4 is 11.6 Å². The number of guanidine groups is 1. The third kappa shape index (κ3) is 7.31. The first-order valence-corrected chi connectivity index (χ1v) is 9.47. The maximum atomic E-state index is 5.90. The maximum Gasteiger partial charge on any atom is 0.191 e. The topological polar surface area (TPSA) is 48.9 Å². The summed E-state index contributed by atoms with van der Waals surface area (Å²) in [5.74, 6) is 0.807. The van der Waals surface area contributed by atoms with E-state index in [0.717, 1.165) is 25.5 Å². The molecule has 1 unspecified atom stereocenters. The minimum atomic E-state index is 0.118. The van der Waals surface area contributed by atoms with Crippen molar-refractivity contribution in [2.24, 2.45) is 4.99 Å². The molecule has 0 aromatic heterocycles. The standard InChI is InChI=1S/C22H32N4O/c1-18(20-11-6-5-7-12-20)27-15-9-14-24-22(23-2)25-17-19-10-8-13-21(16-19)26(3)4/h5-8,10-13,16,18H,9,14-15,17H2,1-4H3,(H2,23,24,25). The van der Waals surface area contributed by atoms with Gasteiger partial charge in [-0.05, 0) is 36.6 Å². The van der Waals surface area contributed by atoms with Crippen molar-refractivity contribution in [1.29, 1.82) is 0 Å². The Bertz CT molecular complexity index is 700. The molecule has 0 amide bonds. The van der Waals surface area contributed by atoms with Crippen LogP contribution in [0.1, 0.15) is 30.6 Å². The minimum Gasteiger partial charge on any atom is -0.378 e. The largest absolute Gasteiger partial charge is 0.378 e. The fraction of sp³-hybridized carbons (Fsp3) is 0.409. The van der Waals surface area contributed by atoms with E-state index in [0.29, 0.717) is 6.61 Å². The van der Waals surface area contributed by atoms with Gasteiger partial charge in [0.25, 0.3) is 0 Å². The number of hydrogen-bond acceptors (Lipinski definition) is 3. The Morgan fingerprint density at radius 3 is 2.56 bits per heavy atom. The lowest BCUT2D eigenvalue weighted by molar-refractivity contribution is 0.0646. The number of hydrogen-bond donors (Lipinski definition) is 2. The second-order valence-corrected chi connectivity index (χ2v) is 6.69. The molecule has 0 saturated heterocycles. The smallest absolute Gasteiger partial charge is 0.191 e. The average molecular weight is 369 g/mol. The third-order valence-electron chi connectivity index (χ3n) is 4.36. The van der Waals surface area contributed by atoms with E-state index >= 15 is 0 Å². The second-order valence-electron chi connectivity index (χ2n) is 6.69. The molecule has 0 saturated carbocycles. The van der Waals surface area contributed by atoms with Crippen LogP contribution in [0.4, 0.5) is 5.69 Å². The fourth-order valence-electron chi connectivity index (χ4n) is 2.71. The number of nitrogens with zero attached hydrogens (tertiary/aromatic N) is 2. The minimum absolute atomic E-state index is 0.118. The molecule has 27 heavy (non-hydrogen) atoms. The average Bonchev–Trinajstić information content (AvgIpc) is 2.70. The highest BCUT2D eigenvalue weighted by Crippen LogP contribution is 2.15. The van der Waals surface area contributed by atoms with E-state index in [1.807, 2.05) is 32.3 Å². The lowest BCUT2D eigenvalue weighted by atomic mass is 10.1. The normalized spacial score (nSPS) is 12.5. The summed E-state index contributed by atoms with van der Waals surface area (Å²) in [6.45, 7) is 4.36. The Kier molecular flexibility index (Phi) is 8.65. The fourth-order valence-corrected chi connectivity index (χ4v) is 2.71. The second kappa shape index (κ2) is 11.2. The first-order valence-electron chi connectivity index (χ1n) is 9.47. The Balaban J connectivity index is 1.66. The summed E-state index contributed by atoms with van der Waals surface area (Å²) < 4.78 is 5.90. The van der Waals surface area contributed by atoms with Gasteiger partial charge in [0.1, 0.15) is 0 Å². The van der Waals surface area contributed by atoms with E-state index < -0.39 is 0 Å².